The summed E-state index contributed by atoms with van der Waals surface area (Å²) in [5.41, 5.74) is -0.0679. The maximum absolute atomic E-state index is 12.2. The molecule has 1 N–H and O–H groups in total. The van der Waals surface area contributed by atoms with Crippen LogP contribution in [-0.2, 0) is 14.8 Å². The molecule has 4 nitrogen and oxygen atoms in total. The van der Waals surface area contributed by atoms with Gasteiger partial charge in [0.05, 0.1) is 4.90 Å². The largest absolute Gasteiger partial charge is 0.299 e. The van der Waals surface area contributed by atoms with Crippen LogP contribution in [0.3, 0.4) is 0 Å². The second-order valence-electron chi connectivity index (χ2n) is 4.89. The van der Waals surface area contributed by atoms with Crippen molar-refractivity contribution in [1.29, 1.82) is 0 Å². The van der Waals surface area contributed by atoms with E-state index in [1.807, 2.05) is 0 Å². The van der Waals surface area contributed by atoms with Crippen LogP contribution in [0, 0.1) is 0 Å². The Bertz CT molecular complexity index is 554. The molecular weight excluding hydrogens is 250 g/mol. The van der Waals surface area contributed by atoms with E-state index in [1.54, 1.807) is 39.0 Å². The Hall–Kier alpha value is -1.46. The zero-order valence-electron chi connectivity index (χ0n) is 10.7. The third-order valence-corrected chi connectivity index (χ3v) is 3.84. The van der Waals surface area contributed by atoms with Gasteiger partial charge in [-0.05, 0) is 38.5 Å². The van der Waals surface area contributed by atoms with Crippen molar-refractivity contribution in [2.24, 2.45) is 0 Å². The molecule has 0 atom stereocenters. The molecule has 0 amide bonds. The summed E-state index contributed by atoms with van der Waals surface area (Å²) in [6.07, 6.45) is 3.36. The maximum Gasteiger partial charge on any atom is 0.241 e. The van der Waals surface area contributed by atoms with Crippen LogP contribution in [0.4, 0.5) is 0 Å². The van der Waals surface area contributed by atoms with E-state index in [4.69, 9.17) is 0 Å². The second kappa shape index (κ2) is 5.46. The Morgan fingerprint density at radius 3 is 2.33 bits per heavy atom. The minimum Gasteiger partial charge on any atom is -0.299 e. The highest BCUT2D eigenvalue weighted by Crippen LogP contribution is 2.18. The van der Waals surface area contributed by atoms with Crippen molar-refractivity contribution in [2.75, 3.05) is 0 Å². The first-order valence-electron chi connectivity index (χ1n) is 5.51. The summed E-state index contributed by atoms with van der Waals surface area (Å²) in [5.74, 6) is 0. The van der Waals surface area contributed by atoms with Crippen molar-refractivity contribution in [3.05, 3.63) is 35.9 Å². The standard InChI is InChI=1S/C13H17NO3S/c1-13(2,3)14-18(16,17)12-9-5-4-7-11(12)8-6-10-15/h4-10,14H,1-3H3/b8-6+. The minimum atomic E-state index is -3.60. The first-order chi connectivity index (χ1) is 8.26. The molecule has 0 aromatic heterocycles. The van der Waals surface area contributed by atoms with E-state index in [0.29, 0.717) is 11.8 Å². The fourth-order valence-corrected chi connectivity index (χ4v) is 3.08. The van der Waals surface area contributed by atoms with Crippen LogP contribution >= 0.6 is 0 Å². The number of hydrogen-bond acceptors (Lipinski definition) is 3. The average Bonchev–Trinajstić information content (AvgIpc) is 2.23. The number of allylic oxidation sites excluding steroid dienone is 1. The topological polar surface area (TPSA) is 63.2 Å². The van der Waals surface area contributed by atoms with Gasteiger partial charge in [-0.25, -0.2) is 13.1 Å². The molecule has 0 saturated carbocycles. The van der Waals surface area contributed by atoms with E-state index < -0.39 is 15.6 Å². The number of sulfonamides is 1. The summed E-state index contributed by atoms with van der Waals surface area (Å²) in [5, 5.41) is 0. The van der Waals surface area contributed by atoms with Gasteiger partial charge in [0, 0.05) is 5.54 Å². The molecule has 0 bridgehead atoms. The summed E-state index contributed by atoms with van der Waals surface area (Å²) in [4.78, 5) is 10.5. The van der Waals surface area contributed by atoms with Gasteiger partial charge in [-0.15, -0.1) is 0 Å². The molecule has 0 radical (unpaired) electrons. The molecule has 0 aliphatic heterocycles. The van der Waals surface area contributed by atoms with Crippen molar-refractivity contribution in [2.45, 2.75) is 31.2 Å². The quantitative estimate of drug-likeness (QED) is 0.670. The second-order valence-corrected chi connectivity index (χ2v) is 6.54. The smallest absolute Gasteiger partial charge is 0.241 e. The van der Waals surface area contributed by atoms with Gasteiger partial charge in [0.25, 0.3) is 0 Å². The van der Waals surface area contributed by atoms with Gasteiger partial charge in [0.15, 0.2) is 0 Å². The van der Waals surface area contributed by atoms with Crippen LogP contribution in [0.1, 0.15) is 26.3 Å². The normalized spacial score (nSPS) is 12.8. The molecule has 1 rings (SSSR count). The van der Waals surface area contributed by atoms with E-state index >= 15 is 0 Å². The number of benzene rings is 1. The average molecular weight is 267 g/mol. The van der Waals surface area contributed by atoms with E-state index in [9.17, 15) is 13.2 Å². The molecule has 0 unspecified atom stereocenters. The summed E-state index contributed by atoms with van der Waals surface area (Å²) in [6, 6.07) is 6.53. The Labute approximate surface area is 108 Å². The lowest BCUT2D eigenvalue weighted by molar-refractivity contribution is -0.104. The third kappa shape index (κ3) is 4.09. The number of carbonyl (C=O) groups is 1. The van der Waals surface area contributed by atoms with Gasteiger partial charge in [0.1, 0.15) is 6.29 Å². The van der Waals surface area contributed by atoms with E-state index in [0.717, 1.165) is 0 Å². The predicted molar refractivity (Wildman–Crippen MR) is 71.6 cm³/mol. The lowest BCUT2D eigenvalue weighted by Gasteiger charge is -2.21. The molecule has 0 aliphatic carbocycles. The monoisotopic (exact) mass is 267 g/mol. The van der Waals surface area contributed by atoms with Gasteiger partial charge >= 0.3 is 0 Å². The molecule has 0 spiro atoms. The molecule has 1 aromatic rings. The first-order valence-corrected chi connectivity index (χ1v) is 6.99. The van der Waals surface area contributed by atoms with Crippen molar-refractivity contribution < 1.29 is 13.2 Å². The van der Waals surface area contributed by atoms with Gasteiger partial charge < -0.3 is 0 Å². The molecule has 98 valence electrons. The maximum atomic E-state index is 12.2. The van der Waals surface area contributed by atoms with Gasteiger partial charge in [-0.3, -0.25) is 4.79 Å². The van der Waals surface area contributed by atoms with E-state index in [2.05, 4.69) is 4.72 Å². The lowest BCUT2D eigenvalue weighted by atomic mass is 10.1. The van der Waals surface area contributed by atoms with E-state index in [1.165, 1.54) is 18.2 Å². The molecule has 0 heterocycles. The molecule has 18 heavy (non-hydrogen) atoms. The first kappa shape index (κ1) is 14.6. The minimum absolute atomic E-state index is 0.165. The molecular formula is C13H17NO3S. The molecule has 1 aromatic carbocycles. The highest BCUT2D eigenvalue weighted by Gasteiger charge is 2.23. The third-order valence-electron chi connectivity index (χ3n) is 2.00. The summed E-state index contributed by atoms with van der Waals surface area (Å²) >= 11 is 0. The summed E-state index contributed by atoms with van der Waals surface area (Å²) in [6.45, 7) is 5.32. The van der Waals surface area contributed by atoms with Crippen molar-refractivity contribution >= 4 is 22.4 Å². The van der Waals surface area contributed by atoms with Crippen LogP contribution in [0.5, 0.6) is 0 Å². The van der Waals surface area contributed by atoms with Crippen LogP contribution < -0.4 is 4.72 Å². The van der Waals surface area contributed by atoms with Crippen molar-refractivity contribution in [1.82, 2.24) is 4.72 Å². The fourth-order valence-electron chi connectivity index (χ4n) is 1.46. The van der Waals surface area contributed by atoms with Gasteiger partial charge in [-0.1, -0.05) is 24.3 Å². The highest BCUT2D eigenvalue weighted by molar-refractivity contribution is 7.89. The van der Waals surface area contributed by atoms with Crippen LogP contribution in [0.2, 0.25) is 0 Å². The van der Waals surface area contributed by atoms with Crippen LogP contribution in [0.25, 0.3) is 6.08 Å². The van der Waals surface area contributed by atoms with Crippen LogP contribution in [-0.4, -0.2) is 20.2 Å². The summed E-state index contributed by atoms with van der Waals surface area (Å²) in [7, 11) is -3.60. The Morgan fingerprint density at radius 2 is 1.78 bits per heavy atom. The molecule has 0 fully saturated rings. The van der Waals surface area contributed by atoms with E-state index in [-0.39, 0.29) is 4.90 Å². The Morgan fingerprint density at radius 1 is 1.17 bits per heavy atom. The molecule has 5 heteroatoms. The molecule has 0 aliphatic rings. The number of aldehydes is 1. The number of hydrogen-bond donors (Lipinski definition) is 1. The van der Waals surface area contributed by atoms with Crippen molar-refractivity contribution in [3.63, 3.8) is 0 Å². The Balaban J connectivity index is 3.24. The number of carbonyl (C=O) groups excluding carboxylic acids is 1. The number of nitrogens with one attached hydrogen (secondary N) is 1. The van der Waals surface area contributed by atoms with Gasteiger partial charge in [0.2, 0.25) is 10.0 Å². The zero-order chi connectivity index (χ0) is 13.8. The lowest BCUT2D eigenvalue weighted by Crippen LogP contribution is -2.40. The fraction of sp³-hybridized carbons (Fsp3) is 0.308. The van der Waals surface area contributed by atoms with Gasteiger partial charge in [-0.2, -0.15) is 0 Å². The van der Waals surface area contributed by atoms with Crippen LogP contribution in [0.15, 0.2) is 35.2 Å². The molecule has 0 saturated heterocycles. The SMILES string of the molecule is CC(C)(C)NS(=O)(=O)c1ccccc1/C=C/C=O. The highest BCUT2D eigenvalue weighted by atomic mass is 32.2. The summed E-state index contributed by atoms with van der Waals surface area (Å²) < 4.78 is 27.0. The van der Waals surface area contributed by atoms with Crippen molar-refractivity contribution in [3.8, 4) is 0 Å². The predicted octanol–water partition coefficient (Wildman–Crippen LogP) is 1.98. The zero-order valence-corrected chi connectivity index (χ0v) is 11.5. The Kier molecular flexibility index (Phi) is 4.43. The number of rotatable bonds is 4.